The van der Waals surface area contributed by atoms with Gasteiger partial charge in [0.2, 0.25) is 0 Å². The van der Waals surface area contributed by atoms with Crippen LogP contribution in [0.5, 0.6) is 0 Å². The molecular weight excluding hydrogens is 548 g/mol. The number of amidine groups is 2. The maximum Gasteiger partial charge on any atom is 0.128 e. The molecule has 0 aromatic rings. The molecule has 2 atom stereocenters. The summed E-state index contributed by atoms with van der Waals surface area (Å²) in [6.07, 6.45) is 37.2. The minimum Gasteiger partial charge on any atom is -0.329 e. The van der Waals surface area contributed by atoms with Crippen LogP contribution < -0.4 is 5.32 Å². The summed E-state index contributed by atoms with van der Waals surface area (Å²) < 4.78 is 0. The van der Waals surface area contributed by atoms with Gasteiger partial charge in [-0.05, 0) is 69.4 Å². The molecule has 0 aromatic heterocycles. The molecule has 2 rings (SSSR count). The average molecular weight is 603 g/mol. The monoisotopic (exact) mass is 602 g/mol. The van der Waals surface area contributed by atoms with Crippen molar-refractivity contribution in [2.24, 2.45) is 26.8 Å². The number of rotatable bonds is 15. The minimum absolute atomic E-state index is 0.393. The molecule has 2 unspecified atom stereocenters. The summed E-state index contributed by atoms with van der Waals surface area (Å²) in [4.78, 5) is 14.1. The Morgan fingerprint density at radius 2 is 1.82 bits per heavy atom. The number of nitrogens with one attached hydrogen (secondary N) is 1. The second-order valence-corrected chi connectivity index (χ2v) is 11.4. The Kier molecular flexibility index (Phi) is 16.9. The summed E-state index contributed by atoms with van der Waals surface area (Å²) in [6.45, 7) is 21.4. The Labute approximate surface area is 273 Å². The normalized spacial score (nSPS) is 20.2. The Bertz CT molecular complexity index is 1440. The van der Waals surface area contributed by atoms with Crippen LogP contribution in [-0.4, -0.2) is 31.5 Å². The molecule has 0 radical (unpaired) electrons. The fourth-order valence-corrected chi connectivity index (χ4v) is 5.13. The van der Waals surface area contributed by atoms with Gasteiger partial charge in [-0.25, -0.2) is 0 Å². The molecule has 45 heavy (non-hydrogen) atoms. The second-order valence-electron chi connectivity index (χ2n) is 11.4. The van der Waals surface area contributed by atoms with E-state index in [9.17, 15) is 0 Å². The molecule has 238 valence electrons. The van der Waals surface area contributed by atoms with E-state index < -0.39 is 0 Å². The number of hydrogen-bond acceptors (Lipinski definition) is 3. The molecule has 0 spiro atoms. The van der Waals surface area contributed by atoms with E-state index in [1.807, 2.05) is 45.2 Å². The van der Waals surface area contributed by atoms with E-state index >= 15 is 0 Å². The highest BCUT2D eigenvalue weighted by Gasteiger charge is 2.17. The largest absolute Gasteiger partial charge is 0.329 e. The van der Waals surface area contributed by atoms with E-state index in [1.165, 1.54) is 16.7 Å². The zero-order valence-electron chi connectivity index (χ0n) is 28.7. The zero-order chi connectivity index (χ0) is 33.0. The molecule has 0 aromatic carbocycles. The first kappa shape index (κ1) is 36.9. The van der Waals surface area contributed by atoms with Crippen molar-refractivity contribution in [3.8, 4) is 0 Å². The van der Waals surface area contributed by atoms with Gasteiger partial charge in [0.15, 0.2) is 0 Å². The fourth-order valence-electron chi connectivity index (χ4n) is 5.13. The van der Waals surface area contributed by atoms with Gasteiger partial charge in [-0.3, -0.25) is 15.0 Å². The highest BCUT2D eigenvalue weighted by Crippen LogP contribution is 2.28. The van der Waals surface area contributed by atoms with Crippen LogP contribution in [0.1, 0.15) is 67.2 Å². The van der Waals surface area contributed by atoms with Gasteiger partial charge in [-0.1, -0.05) is 123 Å². The van der Waals surface area contributed by atoms with Crippen molar-refractivity contribution < 1.29 is 0 Å². The third-order valence-corrected chi connectivity index (χ3v) is 7.74. The number of fused-ring (bicyclic) bond motifs is 1. The molecule has 0 aliphatic heterocycles. The van der Waals surface area contributed by atoms with Crippen molar-refractivity contribution in [2.45, 2.75) is 67.2 Å². The van der Waals surface area contributed by atoms with Gasteiger partial charge in [-0.2, -0.15) is 0 Å². The van der Waals surface area contributed by atoms with E-state index in [4.69, 9.17) is 4.99 Å². The van der Waals surface area contributed by atoms with Crippen LogP contribution in [0.3, 0.4) is 0 Å². The highest BCUT2D eigenvalue weighted by molar-refractivity contribution is 6.09. The van der Waals surface area contributed by atoms with Gasteiger partial charge in [0.25, 0.3) is 0 Å². The molecule has 1 N–H and O–H groups in total. The summed E-state index contributed by atoms with van der Waals surface area (Å²) >= 11 is 0. The molecule has 2 aliphatic rings. The van der Waals surface area contributed by atoms with Crippen molar-refractivity contribution >= 4 is 17.9 Å². The van der Waals surface area contributed by atoms with E-state index in [0.717, 1.165) is 46.9 Å². The summed E-state index contributed by atoms with van der Waals surface area (Å²) in [5, 5.41) is 3.57. The summed E-state index contributed by atoms with van der Waals surface area (Å²) in [5.74, 6) is 2.52. The summed E-state index contributed by atoms with van der Waals surface area (Å²) in [7, 11) is 1.83. The van der Waals surface area contributed by atoms with Crippen LogP contribution in [0.2, 0.25) is 0 Å². The number of allylic oxidation sites excluding steroid dienone is 17. The number of hydrogen-bond donors (Lipinski definition) is 1. The predicted molar refractivity (Wildman–Crippen MR) is 201 cm³/mol. The standard InChI is InChI=1S/C41H54N4/c1-10-14-26-43-34(8)28-38(19-12-3)36(13-4)22-17-23-40(44-30-35-24-25-37-20-15-16-21-39(37)29-35)45-41(42-9)33(7)27-32(6)31(5)18-11-2/h10,12-17,19-22,24-27,29,37,39H,3,8,11,18,23,28,30H2,1-2,4-7,9H3,(H,42,44,45)/b14-10-,22-17-,32-31+,33-27+,36-13+,38-19+,43-26?. The van der Waals surface area contributed by atoms with Gasteiger partial charge in [0.05, 0.1) is 6.54 Å². The van der Waals surface area contributed by atoms with Crippen LogP contribution in [0.4, 0.5) is 0 Å². The average Bonchev–Trinajstić information content (AvgIpc) is 3.03. The topological polar surface area (TPSA) is 49.1 Å². The van der Waals surface area contributed by atoms with E-state index in [-0.39, 0.29) is 0 Å². The van der Waals surface area contributed by atoms with Gasteiger partial charge in [0.1, 0.15) is 11.7 Å². The van der Waals surface area contributed by atoms with Gasteiger partial charge >= 0.3 is 0 Å². The molecule has 0 saturated carbocycles. The van der Waals surface area contributed by atoms with Crippen LogP contribution in [0, 0.1) is 11.8 Å². The minimum atomic E-state index is 0.393. The third kappa shape index (κ3) is 13.1. The van der Waals surface area contributed by atoms with E-state index in [1.54, 1.807) is 6.21 Å². The summed E-state index contributed by atoms with van der Waals surface area (Å²) in [6, 6.07) is 0. The van der Waals surface area contributed by atoms with Crippen molar-refractivity contribution in [3.05, 3.63) is 143 Å². The van der Waals surface area contributed by atoms with Crippen LogP contribution in [0.15, 0.2) is 158 Å². The molecule has 2 aliphatic carbocycles. The molecular formula is C41H54N4. The predicted octanol–water partition coefficient (Wildman–Crippen LogP) is 10.5. The zero-order valence-corrected chi connectivity index (χ0v) is 28.7. The third-order valence-electron chi connectivity index (χ3n) is 7.74. The smallest absolute Gasteiger partial charge is 0.128 e. The number of aliphatic imine (C=N–C) groups is 3. The maximum absolute atomic E-state index is 5.08. The SMILES string of the molecule is C=C/C=C(CC(=C)N=C/C=C\C)/C(/C=C\CC(=NCC1=CC2C=CC=CC2C=C1)NC(=NC)/C(C)=C/C(C)=C(\C)CCC)=C/C. The first-order valence-electron chi connectivity index (χ1n) is 16.1. The lowest BCUT2D eigenvalue weighted by Gasteiger charge is -2.22. The molecule has 4 heteroatoms. The Morgan fingerprint density at radius 3 is 2.49 bits per heavy atom. The molecule has 4 nitrogen and oxygen atoms in total. The molecule has 0 fully saturated rings. The second kappa shape index (κ2) is 20.6. The molecule has 0 bridgehead atoms. The van der Waals surface area contributed by atoms with Crippen LogP contribution in [-0.2, 0) is 0 Å². The summed E-state index contributed by atoms with van der Waals surface area (Å²) in [5.41, 5.74) is 8.00. The Hall–Kier alpha value is -4.31. The lowest BCUT2D eigenvalue weighted by atomic mass is 9.83. The molecule has 0 amide bonds. The molecule has 0 saturated heterocycles. The van der Waals surface area contributed by atoms with Crippen LogP contribution >= 0.6 is 0 Å². The van der Waals surface area contributed by atoms with Crippen molar-refractivity contribution in [2.75, 3.05) is 13.6 Å². The van der Waals surface area contributed by atoms with Gasteiger partial charge < -0.3 is 5.32 Å². The fraction of sp³-hybridized carbons (Fsp3) is 0.341. The van der Waals surface area contributed by atoms with Gasteiger partial charge in [0, 0.05) is 43.6 Å². The van der Waals surface area contributed by atoms with Crippen molar-refractivity contribution in [3.63, 3.8) is 0 Å². The molecule has 0 heterocycles. The van der Waals surface area contributed by atoms with Crippen molar-refractivity contribution in [1.82, 2.24) is 5.32 Å². The van der Waals surface area contributed by atoms with Crippen LogP contribution in [0.25, 0.3) is 0 Å². The highest BCUT2D eigenvalue weighted by atomic mass is 15.1. The first-order valence-corrected chi connectivity index (χ1v) is 16.1. The quantitative estimate of drug-likeness (QED) is 0.113. The lowest BCUT2D eigenvalue weighted by Crippen LogP contribution is -2.31. The lowest BCUT2D eigenvalue weighted by molar-refractivity contribution is 0.653. The van der Waals surface area contributed by atoms with E-state index in [0.29, 0.717) is 31.2 Å². The Morgan fingerprint density at radius 1 is 1.07 bits per heavy atom. The van der Waals surface area contributed by atoms with Crippen molar-refractivity contribution in [1.29, 1.82) is 0 Å². The van der Waals surface area contributed by atoms with Gasteiger partial charge in [-0.15, -0.1) is 0 Å². The Balaban J connectivity index is 2.33. The number of nitrogens with zero attached hydrogens (tertiary/aromatic N) is 3. The maximum atomic E-state index is 5.08. The first-order chi connectivity index (χ1) is 21.8. The van der Waals surface area contributed by atoms with E-state index in [2.05, 4.69) is 123 Å².